The van der Waals surface area contributed by atoms with Crippen LogP contribution in [0.5, 0.6) is 11.5 Å². The van der Waals surface area contributed by atoms with Crippen molar-refractivity contribution in [2.24, 2.45) is 0 Å². The number of alkyl halides is 1. The molecule has 0 N–H and O–H groups in total. The van der Waals surface area contributed by atoms with E-state index in [0.717, 1.165) is 0 Å². The van der Waals surface area contributed by atoms with Crippen LogP contribution in [-0.2, 0) is 0 Å². The number of carbonyl (C=O) groups excluding carboxylic acids is 1. The molecule has 3 nitrogen and oxygen atoms in total. The summed E-state index contributed by atoms with van der Waals surface area (Å²) in [4.78, 5) is 12.4. The molecule has 1 atom stereocenters. The van der Waals surface area contributed by atoms with Crippen molar-refractivity contribution in [1.82, 2.24) is 0 Å². The Morgan fingerprint density at radius 3 is 2.24 bits per heavy atom. The number of hydrogen-bond acceptors (Lipinski definition) is 3. The van der Waals surface area contributed by atoms with Gasteiger partial charge in [0.05, 0.1) is 14.2 Å². The molecule has 2 aromatic rings. The number of halogens is 2. The molecule has 0 fully saturated rings. The third-order valence-electron chi connectivity index (χ3n) is 3.06. The van der Waals surface area contributed by atoms with Crippen LogP contribution in [0.15, 0.2) is 42.5 Å². The SMILES string of the molecule is COc1ccc(C(=O)C(Cl)c2ccc(F)cc2)cc1OC. The summed E-state index contributed by atoms with van der Waals surface area (Å²) in [6, 6.07) is 10.3. The molecule has 0 heterocycles. The Kier molecular flexibility index (Phi) is 4.81. The monoisotopic (exact) mass is 308 g/mol. The van der Waals surface area contributed by atoms with Gasteiger partial charge in [-0.2, -0.15) is 0 Å². The zero-order valence-electron chi connectivity index (χ0n) is 11.6. The molecule has 1 unspecified atom stereocenters. The highest BCUT2D eigenvalue weighted by Crippen LogP contribution is 2.31. The van der Waals surface area contributed by atoms with Gasteiger partial charge in [0.2, 0.25) is 0 Å². The maximum atomic E-state index is 12.9. The van der Waals surface area contributed by atoms with Crippen LogP contribution in [0.4, 0.5) is 4.39 Å². The van der Waals surface area contributed by atoms with E-state index >= 15 is 0 Å². The largest absolute Gasteiger partial charge is 0.493 e. The number of ether oxygens (including phenoxy) is 2. The van der Waals surface area contributed by atoms with Crippen molar-refractivity contribution in [3.05, 3.63) is 59.4 Å². The number of Topliss-reactive ketones (excluding diaryl/α,β-unsaturated/α-hetero) is 1. The van der Waals surface area contributed by atoms with Gasteiger partial charge in [0.15, 0.2) is 17.3 Å². The smallest absolute Gasteiger partial charge is 0.185 e. The van der Waals surface area contributed by atoms with Crippen LogP contribution in [0, 0.1) is 5.82 Å². The van der Waals surface area contributed by atoms with Crippen molar-refractivity contribution >= 4 is 17.4 Å². The second-order valence-corrected chi connectivity index (χ2v) is 4.78. The minimum absolute atomic E-state index is 0.288. The molecule has 21 heavy (non-hydrogen) atoms. The van der Waals surface area contributed by atoms with Crippen molar-refractivity contribution in [3.63, 3.8) is 0 Å². The van der Waals surface area contributed by atoms with Crippen molar-refractivity contribution < 1.29 is 18.7 Å². The topological polar surface area (TPSA) is 35.5 Å². The van der Waals surface area contributed by atoms with E-state index in [1.54, 1.807) is 18.2 Å². The molecule has 0 bridgehead atoms. The lowest BCUT2D eigenvalue weighted by atomic mass is 10.0. The molecule has 0 aliphatic carbocycles. The Labute approximate surface area is 127 Å². The molecule has 0 radical (unpaired) electrons. The van der Waals surface area contributed by atoms with Gasteiger partial charge in [0.25, 0.3) is 0 Å². The lowest BCUT2D eigenvalue weighted by molar-refractivity contribution is 0.0986. The lowest BCUT2D eigenvalue weighted by Gasteiger charge is -2.12. The van der Waals surface area contributed by atoms with Crippen LogP contribution in [-0.4, -0.2) is 20.0 Å². The number of hydrogen-bond donors (Lipinski definition) is 0. The second-order valence-electron chi connectivity index (χ2n) is 4.35. The number of carbonyl (C=O) groups is 1. The molecule has 0 aliphatic rings. The second kappa shape index (κ2) is 6.59. The summed E-state index contributed by atoms with van der Waals surface area (Å²) in [6.45, 7) is 0. The molecule has 0 aliphatic heterocycles. The van der Waals surface area contributed by atoms with Gasteiger partial charge in [-0.3, -0.25) is 4.79 Å². The summed E-state index contributed by atoms with van der Waals surface area (Å²) in [5, 5.41) is -0.885. The fourth-order valence-corrected chi connectivity index (χ4v) is 2.19. The van der Waals surface area contributed by atoms with Gasteiger partial charge < -0.3 is 9.47 Å². The highest BCUT2D eigenvalue weighted by atomic mass is 35.5. The summed E-state index contributed by atoms with van der Waals surface area (Å²) in [6.07, 6.45) is 0. The Balaban J connectivity index is 2.29. The molecule has 2 rings (SSSR count). The van der Waals surface area contributed by atoms with Gasteiger partial charge in [-0.15, -0.1) is 11.6 Å². The van der Waals surface area contributed by atoms with E-state index < -0.39 is 5.38 Å². The summed E-state index contributed by atoms with van der Waals surface area (Å²) < 4.78 is 23.2. The molecule has 0 amide bonds. The minimum Gasteiger partial charge on any atom is -0.493 e. The first-order valence-electron chi connectivity index (χ1n) is 6.22. The van der Waals surface area contributed by atoms with E-state index in [4.69, 9.17) is 21.1 Å². The highest BCUT2D eigenvalue weighted by molar-refractivity contribution is 6.33. The van der Waals surface area contributed by atoms with E-state index in [1.807, 2.05) is 0 Å². The van der Waals surface area contributed by atoms with Gasteiger partial charge in [0.1, 0.15) is 11.2 Å². The Hall–Kier alpha value is -2.07. The summed E-state index contributed by atoms with van der Waals surface area (Å²) in [5.74, 6) is 0.318. The first-order chi connectivity index (χ1) is 10.1. The van der Waals surface area contributed by atoms with Crippen LogP contribution in [0.25, 0.3) is 0 Å². The fourth-order valence-electron chi connectivity index (χ4n) is 1.92. The third kappa shape index (κ3) is 3.34. The van der Waals surface area contributed by atoms with Crippen LogP contribution in [0.2, 0.25) is 0 Å². The Morgan fingerprint density at radius 1 is 1.05 bits per heavy atom. The Bertz CT molecular complexity index is 640. The van der Waals surface area contributed by atoms with E-state index in [2.05, 4.69) is 0 Å². The molecular formula is C16H14ClFO3. The number of benzene rings is 2. The molecule has 0 aromatic heterocycles. The molecular weight excluding hydrogens is 295 g/mol. The van der Waals surface area contributed by atoms with Crippen LogP contribution >= 0.6 is 11.6 Å². The van der Waals surface area contributed by atoms with Gasteiger partial charge in [-0.1, -0.05) is 12.1 Å². The number of rotatable bonds is 5. The molecule has 110 valence electrons. The van der Waals surface area contributed by atoms with E-state index in [0.29, 0.717) is 22.6 Å². The summed E-state index contributed by atoms with van der Waals surface area (Å²) >= 11 is 6.17. The van der Waals surface area contributed by atoms with Gasteiger partial charge in [-0.05, 0) is 35.9 Å². The molecule has 5 heteroatoms. The third-order valence-corrected chi connectivity index (χ3v) is 3.51. The Morgan fingerprint density at radius 2 is 1.67 bits per heavy atom. The highest BCUT2D eigenvalue weighted by Gasteiger charge is 2.21. The van der Waals surface area contributed by atoms with Crippen molar-refractivity contribution in [2.45, 2.75) is 5.38 Å². The number of ketones is 1. The molecule has 2 aromatic carbocycles. The maximum Gasteiger partial charge on any atom is 0.185 e. The maximum absolute atomic E-state index is 12.9. The summed E-state index contributed by atoms with van der Waals surface area (Å²) in [7, 11) is 3.01. The quantitative estimate of drug-likeness (QED) is 0.618. The lowest BCUT2D eigenvalue weighted by Crippen LogP contribution is -2.08. The predicted molar refractivity (Wildman–Crippen MR) is 78.9 cm³/mol. The van der Waals surface area contributed by atoms with Crippen molar-refractivity contribution in [1.29, 1.82) is 0 Å². The van der Waals surface area contributed by atoms with Gasteiger partial charge in [-0.25, -0.2) is 4.39 Å². The average Bonchev–Trinajstić information content (AvgIpc) is 2.53. The average molecular weight is 309 g/mol. The van der Waals surface area contributed by atoms with E-state index in [-0.39, 0.29) is 11.6 Å². The van der Waals surface area contributed by atoms with Crippen molar-refractivity contribution in [2.75, 3.05) is 14.2 Å². The summed E-state index contributed by atoms with van der Waals surface area (Å²) in [5.41, 5.74) is 0.940. The van der Waals surface area contributed by atoms with E-state index in [1.165, 1.54) is 38.5 Å². The normalized spacial score (nSPS) is 11.8. The zero-order chi connectivity index (χ0) is 15.4. The van der Waals surface area contributed by atoms with Crippen molar-refractivity contribution in [3.8, 4) is 11.5 Å². The standard InChI is InChI=1S/C16H14ClFO3/c1-20-13-8-5-11(9-14(13)21-2)16(19)15(17)10-3-6-12(18)7-4-10/h3-9,15H,1-2H3. The zero-order valence-corrected chi connectivity index (χ0v) is 12.4. The molecule has 0 spiro atoms. The van der Waals surface area contributed by atoms with Crippen LogP contribution < -0.4 is 9.47 Å². The predicted octanol–water partition coefficient (Wildman–Crippen LogP) is 4.01. The fraction of sp³-hybridized carbons (Fsp3) is 0.188. The van der Waals surface area contributed by atoms with Crippen LogP contribution in [0.3, 0.4) is 0 Å². The number of methoxy groups -OCH3 is 2. The minimum atomic E-state index is -0.885. The first-order valence-corrected chi connectivity index (χ1v) is 6.66. The molecule has 0 saturated carbocycles. The van der Waals surface area contributed by atoms with Gasteiger partial charge >= 0.3 is 0 Å². The van der Waals surface area contributed by atoms with Crippen LogP contribution in [0.1, 0.15) is 21.3 Å². The van der Waals surface area contributed by atoms with Gasteiger partial charge in [0, 0.05) is 5.56 Å². The molecule has 0 saturated heterocycles. The first kappa shape index (κ1) is 15.3. The van der Waals surface area contributed by atoms with E-state index in [9.17, 15) is 9.18 Å².